The van der Waals surface area contributed by atoms with E-state index in [0.717, 1.165) is 40.2 Å². The number of rotatable bonds is 8. The lowest BCUT2D eigenvalue weighted by molar-refractivity contribution is -0.116. The minimum Gasteiger partial charge on any atom is -0.357 e. The molecule has 2 N–H and O–H groups in total. The quantitative estimate of drug-likeness (QED) is 0.347. The normalized spacial score (nSPS) is 11.0. The van der Waals surface area contributed by atoms with Gasteiger partial charge in [0.1, 0.15) is 11.6 Å². The summed E-state index contributed by atoms with van der Waals surface area (Å²) in [6.45, 7) is 3.99. The average Bonchev–Trinajstić information content (AvgIpc) is 3.39. The van der Waals surface area contributed by atoms with Crippen molar-refractivity contribution >= 4 is 52.5 Å². The second-order valence-electron chi connectivity index (χ2n) is 8.21. The number of aromatic nitrogens is 5. The number of H-pyrrole nitrogens is 1. The number of benzene rings is 1. The van der Waals surface area contributed by atoms with Crippen molar-refractivity contribution in [3.8, 4) is 0 Å². The topological polar surface area (TPSA) is 112 Å². The zero-order valence-electron chi connectivity index (χ0n) is 20.0. The number of halogens is 1. The first-order chi connectivity index (χ1) is 16.8. The Morgan fingerprint density at radius 3 is 2.80 bits per heavy atom. The lowest BCUT2D eigenvalue weighted by Gasteiger charge is -2.22. The molecule has 0 saturated carbocycles. The van der Waals surface area contributed by atoms with Crippen LogP contribution in [0.15, 0.2) is 36.5 Å². The van der Waals surface area contributed by atoms with Crippen LogP contribution in [0.25, 0.3) is 10.9 Å². The fourth-order valence-electron chi connectivity index (χ4n) is 3.80. The van der Waals surface area contributed by atoms with Gasteiger partial charge in [0.05, 0.1) is 12.2 Å². The zero-order valence-corrected chi connectivity index (χ0v) is 20.8. The Morgan fingerprint density at radius 1 is 1.29 bits per heavy atom. The van der Waals surface area contributed by atoms with Crippen molar-refractivity contribution in [3.05, 3.63) is 58.8 Å². The molecule has 10 nitrogen and oxygen atoms in total. The molecule has 3 heterocycles. The molecule has 35 heavy (non-hydrogen) atoms. The number of hydrogen-bond acceptors (Lipinski definition) is 6. The second kappa shape index (κ2) is 10.1. The van der Waals surface area contributed by atoms with E-state index in [9.17, 15) is 9.59 Å². The number of anilines is 3. The van der Waals surface area contributed by atoms with E-state index < -0.39 is 6.03 Å². The Kier molecular flexibility index (Phi) is 7.02. The summed E-state index contributed by atoms with van der Waals surface area (Å²) in [5, 5.41) is 4.62. The molecule has 0 unspecified atom stereocenters. The standard InChI is InChI=1S/C24H27ClN8O2/c1-5-7-20-26-11-10-21(28-20)29-23-30-22(15(2)31(23)3)32(4)24(35)33(14-34)13-16-12-17-18(25)8-6-9-19(17)27-16/h6,8-12,14,27H,5,7,13H2,1-4H3,(H,26,28,29,30). The van der Waals surface area contributed by atoms with Gasteiger partial charge in [-0.15, -0.1) is 0 Å². The summed E-state index contributed by atoms with van der Waals surface area (Å²) in [4.78, 5) is 44.1. The number of carbonyl (C=O) groups excluding carboxylic acids is 2. The summed E-state index contributed by atoms with van der Waals surface area (Å²) in [5.74, 6) is 2.30. The maximum absolute atomic E-state index is 13.2. The number of amides is 3. The van der Waals surface area contributed by atoms with Crippen LogP contribution in [0.3, 0.4) is 0 Å². The molecule has 4 rings (SSSR count). The minimum absolute atomic E-state index is 0.0653. The number of nitrogens with one attached hydrogen (secondary N) is 2. The molecule has 3 aromatic heterocycles. The summed E-state index contributed by atoms with van der Waals surface area (Å²) in [6.07, 6.45) is 3.94. The highest BCUT2D eigenvalue weighted by molar-refractivity contribution is 6.35. The van der Waals surface area contributed by atoms with Crippen molar-refractivity contribution in [1.29, 1.82) is 0 Å². The number of nitrogens with zero attached hydrogens (tertiary/aromatic N) is 6. The van der Waals surface area contributed by atoms with Gasteiger partial charge < -0.3 is 14.9 Å². The van der Waals surface area contributed by atoms with Crippen LogP contribution in [0.1, 0.15) is 30.6 Å². The average molecular weight is 495 g/mol. The van der Waals surface area contributed by atoms with E-state index in [1.165, 1.54) is 4.90 Å². The van der Waals surface area contributed by atoms with Crippen LogP contribution in [0.2, 0.25) is 5.02 Å². The predicted molar refractivity (Wildman–Crippen MR) is 136 cm³/mol. The second-order valence-corrected chi connectivity index (χ2v) is 8.61. The Hall–Kier alpha value is -3.92. The van der Waals surface area contributed by atoms with E-state index in [2.05, 4.69) is 32.2 Å². The lowest BCUT2D eigenvalue weighted by Crippen LogP contribution is -2.40. The van der Waals surface area contributed by atoms with Crippen LogP contribution in [-0.4, -0.2) is 48.9 Å². The van der Waals surface area contributed by atoms with Crippen LogP contribution < -0.4 is 10.2 Å². The molecule has 0 saturated heterocycles. The third-order valence-electron chi connectivity index (χ3n) is 5.76. The van der Waals surface area contributed by atoms with E-state index in [4.69, 9.17) is 11.6 Å². The highest BCUT2D eigenvalue weighted by atomic mass is 35.5. The molecule has 4 aromatic rings. The van der Waals surface area contributed by atoms with Crippen LogP contribution in [0.4, 0.5) is 22.4 Å². The van der Waals surface area contributed by atoms with Crippen molar-refractivity contribution < 1.29 is 9.59 Å². The van der Waals surface area contributed by atoms with Crippen LogP contribution >= 0.6 is 11.6 Å². The first-order valence-electron chi connectivity index (χ1n) is 11.2. The molecule has 0 aliphatic rings. The number of urea groups is 1. The van der Waals surface area contributed by atoms with Gasteiger partial charge in [-0.2, -0.15) is 4.98 Å². The van der Waals surface area contributed by atoms with Crippen molar-refractivity contribution in [2.45, 2.75) is 33.2 Å². The van der Waals surface area contributed by atoms with Gasteiger partial charge in [0.25, 0.3) is 0 Å². The third-order valence-corrected chi connectivity index (χ3v) is 6.09. The molecule has 0 fully saturated rings. The van der Waals surface area contributed by atoms with Gasteiger partial charge in [-0.1, -0.05) is 24.6 Å². The summed E-state index contributed by atoms with van der Waals surface area (Å²) in [6, 6.07) is 8.61. The fraction of sp³-hybridized carbons (Fsp3) is 0.292. The summed E-state index contributed by atoms with van der Waals surface area (Å²) < 4.78 is 1.83. The Bertz CT molecular complexity index is 1380. The van der Waals surface area contributed by atoms with Gasteiger partial charge in [-0.25, -0.2) is 14.8 Å². The summed E-state index contributed by atoms with van der Waals surface area (Å²) in [7, 11) is 3.43. The first kappa shape index (κ1) is 24.2. The molecular formula is C24H27ClN8O2. The first-order valence-corrected chi connectivity index (χ1v) is 11.6. The maximum atomic E-state index is 13.2. The van der Waals surface area contributed by atoms with Gasteiger partial charge in [0.15, 0.2) is 5.82 Å². The molecule has 1 aromatic carbocycles. The molecule has 0 atom stereocenters. The maximum Gasteiger partial charge on any atom is 0.332 e. The van der Waals surface area contributed by atoms with Crippen molar-refractivity contribution in [3.63, 3.8) is 0 Å². The highest BCUT2D eigenvalue weighted by Gasteiger charge is 2.25. The molecule has 0 aliphatic heterocycles. The van der Waals surface area contributed by atoms with Gasteiger partial charge in [-0.05, 0) is 37.6 Å². The van der Waals surface area contributed by atoms with Crippen molar-refractivity contribution in [2.24, 2.45) is 7.05 Å². The minimum atomic E-state index is -0.509. The molecule has 0 bridgehead atoms. The highest BCUT2D eigenvalue weighted by Crippen LogP contribution is 2.26. The monoisotopic (exact) mass is 494 g/mol. The van der Waals surface area contributed by atoms with Crippen molar-refractivity contribution in [2.75, 3.05) is 17.3 Å². The van der Waals surface area contributed by atoms with Gasteiger partial charge in [0.2, 0.25) is 12.4 Å². The molecule has 3 amide bonds. The van der Waals surface area contributed by atoms with E-state index in [0.29, 0.717) is 34.7 Å². The number of aromatic amines is 1. The number of carbonyl (C=O) groups is 2. The molecule has 0 aliphatic carbocycles. The molecule has 0 spiro atoms. The largest absolute Gasteiger partial charge is 0.357 e. The smallest absolute Gasteiger partial charge is 0.332 e. The number of imide groups is 1. The van der Waals surface area contributed by atoms with Gasteiger partial charge >= 0.3 is 6.03 Å². The number of imidazole rings is 1. The molecule has 182 valence electrons. The summed E-state index contributed by atoms with van der Waals surface area (Å²) >= 11 is 6.25. The molecule has 0 radical (unpaired) electrons. The number of aryl methyl sites for hydroxylation is 1. The Balaban J connectivity index is 1.53. The van der Waals surface area contributed by atoms with E-state index >= 15 is 0 Å². The van der Waals surface area contributed by atoms with E-state index in [-0.39, 0.29) is 6.54 Å². The Labute approximate surface area is 207 Å². The molecular weight excluding hydrogens is 468 g/mol. The van der Waals surface area contributed by atoms with Crippen LogP contribution in [0.5, 0.6) is 0 Å². The number of fused-ring (bicyclic) bond motifs is 1. The van der Waals surface area contributed by atoms with Crippen molar-refractivity contribution in [1.82, 2.24) is 29.4 Å². The van der Waals surface area contributed by atoms with Gasteiger partial charge in [-0.3, -0.25) is 14.6 Å². The Morgan fingerprint density at radius 2 is 2.09 bits per heavy atom. The predicted octanol–water partition coefficient (Wildman–Crippen LogP) is 4.56. The van der Waals surface area contributed by atoms with Crippen LogP contribution in [-0.2, 0) is 24.8 Å². The fourth-order valence-corrected chi connectivity index (χ4v) is 4.03. The van der Waals surface area contributed by atoms with E-state index in [1.807, 2.05) is 36.7 Å². The molecule has 11 heteroatoms. The summed E-state index contributed by atoms with van der Waals surface area (Å²) in [5.41, 5.74) is 2.27. The van der Waals surface area contributed by atoms with Gasteiger partial charge in [0, 0.05) is 48.3 Å². The lowest BCUT2D eigenvalue weighted by atomic mass is 10.2. The number of hydrogen-bond donors (Lipinski definition) is 2. The van der Waals surface area contributed by atoms with E-state index in [1.54, 1.807) is 25.4 Å². The SMILES string of the molecule is CCCc1nccc(Nc2nc(N(C)C(=O)N(C=O)Cc3cc4c(Cl)cccc4[nH]3)c(C)n2C)n1. The van der Waals surface area contributed by atoms with Crippen LogP contribution in [0, 0.1) is 6.92 Å². The zero-order chi connectivity index (χ0) is 25.1. The third kappa shape index (κ3) is 4.97.